The van der Waals surface area contributed by atoms with E-state index in [0.717, 1.165) is 16.4 Å². The van der Waals surface area contributed by atoms with Gasteiger partial charge in [0.15, 0.2) is 0 Å². The maximum absolute atomic E-state index is 9.54. The van der Waals surface area contributed by atoms with Crippen LogP contribution in [0.3, 0.4) is 0 Å². The number of rotatable bonds is 1. The first kappa shape index (κ1) is 16.4. The summed E-state index contributed by atoms with van der Waals surface area (Å²) in [6, 6.07) is 30.2. The Morgan fingerprint density at radius 2 is 1.59 bits per heavy atom. The van der Waals surface area contributed by atoms with Crippen molar-refractivity contribution in [1.29, 1.82) is 5.26 Å². The molecule has 0 atom stereocenters. The van der Waals surface area contributed by atoms with Crippen LogP contribution in [0, 0.1) is 11.3 Å². The van der Waals surface area contributed by atoms with Gasteiger partial charge in [0.25, 0.3) is 0 Å². The third-order valence-electron chi connectivity index (χ3n) is 5.86. The fraction of sp³-hybridized carbons (Fsp3) is 0.0385. The van der Waals surface area contributed by atoms with E-state index in [1.54, 1.807) is 0 Å². The molecular formula is C26H16N2S. The highest BCUT2D eigenvalue weighted by Gasteiger charge is 2.14. The topological polar surface area (TPSA) is 28.7 Å². The lowest BCUT2D eigenvalue weighted by Crippen LogP contribution is -1.89. The number of nitriles is 1. The van der Waals surface area contributed by atoms with Crippen molar-refractivity contribution in [2.75, 3.05) is 0 Å². The third-order valence-corrected chi connectivity index (χ3v) is 7.08. The predicted molar refractivity (Wildman–Crippen MR) is 123 cm³/mol. The summed E-state index contributed by atoms with van der Waals surface area (Å²) < 4.78 is 4.78. The van der Waals surface area contributed by atoms with Gasteiger partial charge in [-0.05, 0) is 35.4 Å². The van der Waals surface area contributed by atoms with Crippen LogP contribution < -0.4 is 0 Å². The smallest absolute Gasteiger partial charge is 0.101 e. The highest BCUT2D eigenvalue weighted by molar-refractivity contribution is 7.26. The molecule has 6 rings (SSSR count). The van der Waals surface area contributed by atoms with Crippen LogP contribution in [0.2, 0.25) is 0 Å². The number of benzene rings is 4. The molecule has 2 aromatic heterocycles. The van der Waals surface area contributed by atoms with E-state index in [2.05, 4.69) is 77.4 Å². The molecule has 0 spiro atoms. The van der Waals surface area contributed by atoms with Gasteiger partial charge in [-0.1, -0.05) is 54.6 Å². The van der Waals surface area contributed by atoms with E-state index in [-0.39, 0.29) is 0 Å². The number of para-hydroxylation sites is 1. The summed E-state index contributed by atoms with van der Waals surface area (Å²) in [4.78, 5) is 0. The molecule has 0 saturated carbocycles. The standard InChI is InChI=1S/C26H16N2S/c1-28-23-13-12-16(14-22(23)20-9-4-6-17(15-27)25(20)28)18-8-5-10-21-19-7-2-3-11-24(19)29-26(18)21/h2-14H,1H3. The summed E-state index contributed by atoms with van der Waals surface area (Å²) in [5.74, 6) is 0. The minimum absolute atomic E-state index is 0.717. The first-order valence-electron chi connectivity index (χ1n) is 9.58. The number of fused-ring (bicyclic) bond motifs is 6. The Morgan fingerprint density at radius 3 is 2.48 bits per heavy atom. The van der Waals surface area contributed by atoms with Crippen LogP contribution in [0.5, 0.6) is 0 Å². The van der Waals surface area contributed by atoms with Crippen molar-refractivity contribution in [1.82, 2.24) is 4.57 Å². The first-order valence-corrected chi connectivity index (χ1v) is 10.4. The molecule has 0 radical (unpaired) electrons. The molecule has 0 amide bonds. The lowest BCUT2D eigenvalue weighted by molar-refractivity contribution is 1.01. The average Bonchev–Trinajstić information content (AvgIpc) is 3.29. The monoisotopic (exact) mass is 388 g/mol. The predicted octanol–water partition coefficient (Wildman–Crippen LogP) is 7.24. The first-order chi connectivity index (χ1) is 14.3. The van der Waals surface area contributed by atoms with Crippen LogP contribution >= 0.6 is 11.3 Å². The number of aromatic nitrogens is 1. The van der Waals surface area contributed by atoms with Crippen LogP contribution in [-0.2, 0) is 7.05 Å². The fourth-order valence-electron chi connectivity index (χ4n) is 4.52. The van der Waals surface area contributed by atoms with Gasteiger partial charge >= 0.3 is 0 Å². The average molecular weight is 388 g/mol. The van der Waals surface area contributed by atoms with Crippen LogP contribution in [0.15, 0.2) is 78.9 Å². The van der Waals surface area contributed by atoms with Crippen molar-refractivity contribution in [2.45, 2.75) is 0 Å². The van der Waals surface area contributed by atoms with Gasteiger partial charge < -0.3 is 4.57 Å². The number of thiophene rings is 1. The van der Waals surface area contributed by atoms with Crippen molar-refractivity contribution >= 4 is 53.3 Å². The summed E-state index contributed by atoms with van der Waals surface area (Å²) in [6.07, 6.45) is 0. The molecule has 0 aliphatic heterocycles. The molecule has 2 heterocycles. The van der Waals surface area contributed by atoms with Crippen LogP contribution in [0.25, 0.3) is 53.1 Å². The summed E-state index contributed by atoms with van der Waals surface area (Å²) in [5.41, 5.74) is 5.34. The highest BCUT2D eigenvalue weighted by atomic mass is 32.1. The van der Waals surface area contributed by atoms with Crippen LogP contribution in [0.4, 0.5) is 0 Å². The minimum Gasteiger partial charge on any atom is -0.343 e. The summed E-state index contributed by atoms with van der Waals surface area (Å²) in [5, 5.41) is 14.5. The maximum atomic E-state index is 9.54. The molecule has 0 unspecified atom stereocenters. The zero-order valence-corrected chi connectivity index (χ0v) is 16.6. The molecule has 0 saturated heterocycles. The zero-order chi connectivity index (χ0) is 19.5. The van der Waals surface area contributed by atoms with E-state index in [1.807, 2.05) is 30.5 Å². The van der Waals surface area contributed by atoms with E-state index in [0.29, 0.717) is 5.56 Å². The van der Waals surface area contributed by atoms with Gasteiger partial charge in [-0.25, -0.2) is 0 Å². The third kappa shape index (κ3) is 2.21. The Morgan fingerprint density at radius 1 is 0.793 bits per heavy atom. The molecule has 0 bridgehead atoms. The summed E-state index contributed by atoms with van der Waals surface area (Å²) >= 11 is 1.86. The normalized spacial score (nSPS) is 11.6. The van der Waals surface area contributed by atoms with E-state index in [4.69, 9.17) is 0 Å². The molecule has 0 aliphatic carbocycles. The molecule has 3 heteroatoms. The van der Waals surface area contributed by atoms with E-state index in [1.165, 1.54) is 36.7 Å². The zero-order valence-electron chi connectivity index (χ0n) is 15.8. The molecule has 0 N–H and O–H groups in total. The summed E-state index contributed by atoms with van der Waals surface area (Å²) in [6.45, 7) is 0. The van der Waals surface area contributed by atoms with Gasteiger partial charge in [0.2, 0.25) is 0 Å². The number of nitrogens with zero attached hydrogens (tertiary/aromatic N) is 2. The van der Waals surface area contributed by atoms with Crippen molar-refractivity contribution < 1.29 is 0 Å². The molecule has 29 heavy (non-hydrogen) atoms. The van der Waals surface area contributed by atoms with Crippen molar-refractivity contribution in [2.24, 2.45) is 7.05 Å². The Bertz CT molecular complexity index is 1630. The Balaban J connectivity index is 1.69. The maximum Gasteiger partial charge on any atom is 0.101 e. The highest BCUT2D eigenvalue weighted by Crippen LogP contribution is 2.41. The SMILES string of the molecule is Cn1c2ccc(-c3cccc4c3sc3ccccc34)cc2c2cccc(C#N)c21. The Hall–Kier alpha value is -3.61. The van der Waals surface area contributed by atoms with Crippen molar-refractivity contribution in [3.05, 3.63) is 84.4 Å². The van der Waals surface area contributed by atoms with Gasteiger partial charge in [0.1, 0.15) is 6.07 Å². The van der Waals surface area contributed by atoms with Gasteiger partial charge in [-0.15, -0.1) is 11.3 Å². The second-order valence-corrected chi connectivity index (χ2v) is 8.44. The second kappa shape index (κ2) is 5.94. The number of hydrogen-bond donors (Lipinski definition) is 0. The van der Waals surface area contributed by atoms with Gasteiger partial charge in [0, 0.05) is 43.5 Å². The van der Waals surface area contributed by atoms with Crippen LogP contribution in [0.1, 0.15) is 5.56 Å². The van der Waals surface area contributed by atoms with Crippen molar-refractivity contribution in [3.8, 4) is 17.2 Å². The van der Waals surface area contributed by atoms with Gasteiger partial charge in [0.05, 0.1) is 11.1 Å². The van der Waals surface area contributed by atoms with Gasteiger partial charge in [-0.2, -0.15) is 5.26 Å². The van der Waals surface area contributed by atoms with Gasteiger partial charge in [-0.3, -0.25) is 0 Å². The quantitative estimate of drug-likeness (QED) is 0.292. The van der Waals surface area contributed by atoms with E-state index < -0.39 is 0 Å². The number of hydrogen-bond acceptors (Lipinski definition) is 2. The molecule has 136 valence electrons. The lowest BCUT2D eigenvalue weighted by Gasteiger charge is -2.05. The molecule has 6 aromatic rings. The largest absolute Gasteiger partial charge is 0.343 e. The Kier molecular flexibility index (Phi) is 3.35. The molecule has 0 aliphatic rings. The molecule has 4 aromatic carbocycles. The molecule has 2 nitrogen and oxygen atoms in total. The van der Waals surface area contributed by atoms with E-state index in [9.17, 15) is 5.26 Å². The van der Waals surface area contributed by atoms with Crippen molar-refractivity contribution in [3.63, 3.8) is 0 Å². The number of aryl methyl sites for hydroxylation is 1. The van der Waals surface area contributed by atoms with Crippen LogP contribution in [-0.4, -0.2) is 4.57 Å². The fourth-order valence-corrected chi connectivity index (χ4v) is 5.76. The lowest BCUT2D eigenvalue weighted by atomic mass is 10.0. The minimum atomic E-state index is 0.717. The molecule has 0 fully saturated rings. The summed E-state index contributed by atoms with van der Waals surface area (Å²) in [7, 11) is 2.04. The Labute approximate surface area is 171 Å². The van der Waals surface area contributed by atoms with E-state index >= 15 is 0 Å². The second-order valence-electron chi connectivity index (χ2n) is 7.38. The molecular weight excluding hydrogens is 372 g/mol.